The minimum Gasteiger partial charge on any atom is -0.299 e. The lowest BCUT2D eigenvalue weighted by molar-refractivity contribution is -0.120. The highest BCUT2D eigenvalue weighted by Gasteiger charge is 2.27. The molecule has 0 radical (unpaired) electrons. The minimum absolute atomic E-state index is 0. The number of hydrogen-bond acceptors (Lipinski definition) is 1. The summed E-state index contributed by atoms with van der Waals surface area (Å²) < 4.78 is 0. The first-order valence-electron chi connectivity index (χ1n) is 5.93. The molecule has 1 unspecified atom stereocenters. The Labute approximate surface area is 110 Å². The lowest BCUT2D eigenvalue weighted by Crippen LogP contribution is -2.10. The second-order valence-electron chi connectivity index (χ2n) is 4.45. The van der Waals surface area contributed by atoms with Crippen LogP contribution in [0, 0.1) is 17.8 Å². The van der Waals surface area contributed by atoms with Crippen molar-refractivity contribution in [3.63, 3.8) is 0 Å². The average Bonchev–Trinajstić information content (AvgIpc) is 2.64. The van der Waals surface area contributed by atoms with E-state index in [0.717, 1.165) is 24.0 Å². The first-order chi connectivity index (χ1) is 8.20. The summed E-state index contributed by atoms with van der Waals surface area (Å²) in [6.07, 6.45) is 2.32. The van der Waals surface area contributed by atoms with Crippen LogP contribution >= 0.6 is 0 Å². The Morgan fingerprint density at radius 1 is 1.28 bits per heavy atom. The van der Waals surface area contributed by atoms with Crippen LogP contribution in [0.15, 0.2) is 36.4 Å². The third kappa shape index (κ3) is 3.11. The van der Waals surface area contributed by atoms with Crippen molar-refractivity contribution in [1.82, 2.24) is 0 Å². The topological polar surface area (TPSA) is 17.1 Å². The first kappa shape index (κ1) is 14.3. The van der Waals surface area contributed by atoms with Gasteiger partial charge in [-0.15, -0.1) is 5.92 Å². The van der Waals surface area contributed by atoms with Crippen molar-refractivity contribution in [3.8, 4) is 11.8 Å². The van der Waals surface area contributed by atoms with Crippen molar-refractivity contribution >= 4 is 5.78 Å². The average molecular weight is 240 g/mol. The van der Waals surface area contributed by atoms with E-state index in [1.54, 1.807) is 0 Å². The molecule has 1 saturated carbocycles. The molecule has 2 rings (SSSR count). The normalized spacial score (nSPS) is 17.9. The molecule has 18 heavy (non-hydrogen) atoms. The second-order valence-corrected chi connectivity index (χ2v) is 4.45. The predicted octanol–water partition coefficient (Wildman–Crippen LogP) is 3.77. The van der Waals surface area contributed by atoms with Gasteiger partial charge in [0.2, 0.25) is 0 Å². The van der Waals surface area contributed by atoms with E-state index in [1.807, 2.05) is 19.1 Å². The van der Waals surface area contributed by atoms with E-state index in [1.165, 1.54) is 5.56 Å². The van der Waals surface area contributed by atoms with Gasteiger partial charge in [0.25, 0.3) is 0 Å². The zero-order valence-corrected chi connectivity index (χ0v) is 10.1. The van der Waals surface area contributed by atoms with Crippen molar-refractivity contribution in [2.45, 2.75) is 33.6 Å². The number of ketones is 1. The number of carbonyl (C=O) groups is 1. The summed E-state index contributed by atoms with van der Waals surface area (Å²) in [7, 11) is 0. The van der Waals surface area contributed by atoms with Crippen molar-refractivity contribution in [2.24, 2.45) is 5.92 Å². The lowest BCUT2D eigenvalue weighted by Gasteiger charge is -2.09. The Bertz CT molecular complexity index is 481. The quantitative estimate of drug-likeness (QED) is 0.568. The summed E-state index contributed by atoms with van der Waals surface area (Å²) in [6.45, 7) is 5.81. The van der Waals surface area contributed by atoms with E-state index in [4.69, 9.17) is 0 Å². The highest BCUT2D eigenvalue weighted by Crippen LogP contribution is 2.29. The molecule has 1 heteroatoms. The minimum atomic E-state index is 0. The smallest absolute Gasteiger partial charge is 0.140 e. The van der Waals surface area contributed by atoms with Crippen LogP contribution in [0.1, 0.15) is 38.3 Å². The molecule has 1 aromatic carbocycles. The van der Waals surface area contributed by atoms with Crippen LogP contribution in [0.4, 0.5) is 0 Å². The monoisotopic (exact) mass is 240 g/mol. The van der Waals surface area contributed by atoms with Crippen molar-refractivity contribution in [1.29, 1.82) is 0 Å². The molecule has 0 aliphatic heterocycles. The van der Waals surface area contributed by atoms with Gasteiger partial charge in [0.15, 0.2) is 0 Å². The molecule has 0 saturated heterocycles. The van der Waals surface area contributed by atoms with E-state index < -0.39 is 0 Å². The number of allylic oxidation sites excluding steroid dienone is 1. The molecule has 0 amide bonds. The highest BCUT2D eigenvalue weighted by molar-refractivity contribution is 5.87. The summed E-state index contributed by atoms with van der Waals surface area (Å²) >= 11 is 0. The van der Waals surface area contributed by atoms with Gasteiger partial charge < -0.3 is 0 Å². The van der Waals surface area contributed by atoms with Gasteiger partial charge in [0.05, 0.1) is 0 Å². The molecular formula is C17H20O. The number of carbonyl (C=O) groups excluding carboxylic acids is 1. The lowest BCUT2D eigenvalue weighted by atomic mass is 9.94. The maximum Gasteiger partial charge on any atom is 0.140 e. The summed E-state index contributed by atoms with van der Waals surface area (Å²) in [4.78, 5) is 11.7. The van der Waals surface area contributed by atoms with Gasteiger partial charge in [-0.3, -0.25) is 4.79 Å². The van der Waals surface area contributed by atoms with Crippen LogP contribution in [-0.2, 0) is 11.2 Å². The molecule has 0 bridgehead atoms. The molecule has 0 spiro atoms. The number of hydrogen-bond donors (Lipinski definition) is 0. The molecule has 1 fully saturated rings. The van der Waals surface area contributed by atoms with Crippen LogP contribution in [0.3, 0.4) is 0 Å². The van der Waals surface area contributed by atoms with Crippen LogP contribution in [-0.4, -0.2) is 5.78 Å². The van der Waals surface area contributed by atoms with E-state index in [9.17, 15) is 4.79 Å². The predicted molar refractivity (Wildman–Crippen MR) is 76.3 cm³/mol. The Morgan fingerprint density at radius 2 is 1.94 bits per heavy atom. The molecule has 0 heterocycles. The highest BCUT2D eigenvalue weighted by atomic mass is 16.1. The van der Waals surface area contributed by atoms with Crippen molar-refractivity contribution in [2.75, 3.05) is 0 Å². The maximum atomic E-state index is 11.7. The van der Waals surface area contributed by atoms with E-state index in [-0.39, 0.29) is 13.3 Å². The second kappa shape index (κ2) is 6.21. The van der Waals surface area contributed by atoms with Gasteiger partial charge >= 0.3 is 0 Å². The molecular weight excluding hydrogens is 220 g/mol. The molecule has 1 aliphatic carbocycles. The SMILES string of the molecule is C.C=C1CCC(=O)C1Cc1ccc(C#CC)cc1. The van der Waals surface area contributed by atoms with Gasteiger partial charge in [-0.25, -0.2) is 0 Å². The molecule has 0 N–H and O–H groups in total. The summed E-state index contributed by atoms with van der Waals surface area (Å²) in [6, 6.07) is 8.12. The summed E-state index contributed by atoms with van der Waals surface area (Å²) in [5.41, 5.74) is 3.30. The van der Waals surface area contributed by atoms with Gasteiger partial charge in [-0.05, 0) is 37.5 Å². The third-order valence-electron chi connectivity index (χ3n) is 3.24. The van der Waals surface area contributed by atoms with E-state index in [2.05, 4.69) is 30.6 Å². The zero-order chi connectivity index (χ0) is 12.3. The van der Waals surface area contributed by atoms with Crippen LogP contribution < -0.4 is 0 Å². The van der Waals surface area contributed by atoms with Crippen LogP contribution in [0.5, 0.6) is 0 Å². The number of Topliss-reactive ketones (excluding diaryl/α,β-unsaturated/α-hetero) is 1. The Morgan fingerprint density at radius 3 is 2.44 bits per heavy atom. The molecule has 1 aromatic rings. The Balaban J connectivity index is 0.00000162. The fourth-order valence-corrected chi connectivity index (χ4v) is 2.22. The molecule has 0 aromatic heterocycles. The molecule has 94 valence electrons. The summed E-state index contributed by atoms with van der Waals surface area (Å²) in [5.74, 6) is 6.26. The van der Waals surface area contributed by atoms with Gasteiger partial charge in [0, 0.05) is 17.9 Å². The van der Waals surface area contributed by atoms with Gasteiger partial charge in [0.1, 0.15) is 5.78 Å². The standard InChI is InChI=1S/C16H16O.CH4/c1-3-4-13-6-8-14(9-7-13)11-15-12(2)5-10-16(15)17;/h6-9,15H,2,5,10-11H2,1H3;1H4. The summed E-state index contributed by atoms with van der Waals surface area (Å²) in [5, 5.41) is 0. The van der Waals surface area contributed by atoms with Crippen molar-refractivity contribution < 1.29 is 4.79 Å². The zero-order valence-electron chi connectivity index (χ0n) is 10.1. The van der Waals surface area contributed by atoms with E-state index >= 15 is 0 Å². The largest absolute Gasteiger partial charge is 0.299 e. The molecule has 1 aliphatic rings. The van der Waals surface area contributed by atoms with Gasteiger partial charge in [-0.1, -0.05) is 37.6 Å². The number of rotatable bonds is 2. The molecule has 1 atom stereocenters. The fraction of sp³-hybridized carbons (Fsp3) is 0.353. The fourth-order valence-electron chi connectivity index (χ4n) is 2.22. The maximum absolute atomic E-state index is 11.7. The molecule has 1 nitrogen and oxygen atoms in total. The Hall–Kier alpha value is -1.81. The van der Waals surface area contributed by atoms with Crippen LogP contribution in [0.2, 0.25) is 0 Å². The Kier molecular flexibility index (Phi) is 4.92. The van der Waals surface area contributed by atoms with Crippen LogP contribution in [0.25, 0.3) is 0 Å². The van der Waals surface area contributed by atoms with Gasteiger partial charge in [-0.2, -0.15) is 0 Å². The number of benzene rings is 1. The van der Waals surface area contributed by atoms with E-state index in [0.29, 0.717) is 12.2 Å². The third-order valence-corrected chi connectivity index (χ3v) is 3.24. The first-order valence-corrected chi connectivity index (χ1v) is 5.93. The van der Waals surface area contributed by atoms with Crippen molar-refractivity contribution in [3.05, 3.63) is 47.5 Å².